The van der Waals surface area contributed by atoms with E-state index in [1.165, 1.54) is 4.80 Å². The summed E-state index contributed by atoms with van der Waals surface area (Å²) in [5.74, 6) is 0.997. The average Bonchev–Trinajstić information content (AvgIpc) is 3.31. The number of hydrogen-bond donors (Lipinski definition) is 0. The summed E-state index contributed by atoms with van der Waals surface area (Å²) in [5.41, 5.74) is 1.39. The van der Waals surface area contributed by atoms with Crippen molar-refractivity contribution >= 4 is 27.5 Å². The highest BCUT2D eigenvalue weighted by Crippen LogP contribution is 2.23. The fraction of sp³-hybridized carbons (Fsp3) is 0.176. The first-order valence-electron chi connectivity index (χ1n) is 8.25. The summed E-state index contributed by atoms with van der Waals surface area (Å²) in [5, 5.41) is 21.3. The normalized spacial score (nSPS) is 12.1. The first kappa shape index (κ1) is 18.5. The molecule has 0 spiro atoms. The van der Waals surface area contributed by atoms with Crippen molar-refractivity contribution in [3.05, 3.63) is 57.9 Å². The quantitative estimate of drug-likeness (QED) is 0.449. The Kier molecular flexibility index (Phi) is 5.05. The maximum Gasteiger partial charge on any atom is 0.317 e. The zero-order chi connectivity index (χ0) is 19.7. The number of aromatic nitrogens is 8. The molecule has 0 unspecified atom stereocenters. The number of benzene rings is 1. The molecular formula is C17H14BrClN8O. The van der Waals surface area contributed by atoms with E-state index in [2.05, 4.69) is 46.5 Å². The van der Waals surface area contributed by atoms with Gasteiger partial charge in [-0.05, 0) is 58.4 Å². The molecule has 9 nitrogen and oxygen atoms in total. The van der Waals surface area contributed by atoms with Crippen molar-refractivity contribution in [1.82, 2.24) is 40.0 Å². The van der Waals surface area contributed by atoms with Crippen molar-refractivity contribution in [3.8, 4) is 23.2 Å². The molecule has 1 aromatic carbocycles. The molecular weight excluding hydrogens is 448 g/mol. The van der Waals surface area contributed by atoms with Crippen LogP contribution in [0.15, 0.2) is 47.1 Å². The van der Waals surface area contributed by atoms with E-state index >= 15 is 0 Å². The van der Waals surface area contributed by atoms with E-state index in [9.17, 15) is 0 Å². The lowest BCUT2D eigenvalue weighted by Gasteiger charge is -2.10. The zero-order valence-electron chi connectivity index (χ0n) is 14.9. The van der Waals surface area contributed by atoms with Crippen molar-refractivity contribution in [2.24, 2.45) is 7.05 Å². The van der Waals surface area contributed by atoms with E-state index in [0.717, 1.165) is 4.47 Å². The van der Waals surface area contributed by atoms with Gasteiger partial charge in [0.1, 0.15) is 5.69 Å². The number of hydrogen-bond acceptors (Lipinski definition) is 7. The van der Waals surface area contributed by atoms with E-state index in [0.29, 0.717) is 34.1 Å². The number of rotatable bonds is 5. The summed E-state index contributed by atoms with van der Waals surface area (Å²) in [7, 11) is 1.80. The molecule has 0 bridgehead atoms. The maximum atomic E-state index is 6.01. The molecule has 0 N–H and O–H groups in total. The minimum absolute atomic E-state index is 0.325. The van der Waals surface area contributed by atoms with Crippen molar-refractivity contribution in [2.45, 2.75) is 13.0 Å². The van der Waals surface area contributed by atoms with Gasteiger partial charge >= 0.3 is 6.01 Å². The van der Waals surface area contributed by atoms with Gasteiger partial charge in [0.05, 0.1) is 5.69 Å². The Bertz CT molecular complexity index is 1110. The van der Waals surface area contributed by atoms with Crippen LogP contribution in [0.4, 0.5) is 0 Å². The van der Waals surface area contributed by atoms with Crippen LogP contribution in [0.25, 0.3) is 17.2 Å². The summed E-state index contributed by atoms with van der Waals surface area (Å²) in [6, 6.07) is 11.2. The minimum Gasteiger partial charge on any atom is -0.452 e. The van der Waals surface area contributed by atoms with E-state index in [1.54, 1.807) is 29.9 Å². The molecule has 3 aromatic heterocycles. The Morgan fingerprint density at radius 2 is 2.00 bits per heavy atom. The van der Waals surface area contributed by atoms with Crippen LogP contribution in [-0.4, -0.2) is 40.0 Å². The molecule has 0 amide bonds. The van der Waals surface area contributed by atoms with E-state index in [-0.39, 0.29) is 0 Å². The van der Waals surface area contributed by atoms with Gasteiger partial charge in [-0.1, -0.05) is 22.8 Å². The third-order valence-corrected chi connectivity index (χ3v) is 4.61. The standard InChI is InChI=1S/C17H14BrClN8O/c1-10(15-21-25-27(24-15)13-5-3-4-12(19)8-13)28-17-23-22-16(26(17)2)14-7-6-11(18)9-20-14/h3-10H,1-2H3/t10-/m1/s1. The highest BCUT2D eigenvalue weighted by Gasteiger charge is 2.19. The minimum atomic E-state index is -0.485. The molecule has 0 saturated carbocycles. The summed E-state index contributed by atoms with van der Waals surface area (Å²) in [4.78, 5) is 5.73. The molecule has 11 heteroatoms. The van der Waals surface area contributed by atoms with Crippen LogP contribution in [0.1, 0.15) is 18.9 Å². The summed E-state index contributed by atoms with van der Waals surface area (Å²) >= 11 is 9.37. The third-order valence-electron chi connectivity index (χ3n) is 3.91. The fourth-order valence-corrected chi connectivity index (χ4v) is 2.88. The van der Waals surface area contributed by atoms with Crippen LogP contribution in [0.3, 0.4) is 0 Å². The Morgan fingerprint density at radius 3 is 2.75 bits per heavy atom. The van der Waals surface area contributed by atoms with Crippen molar-refractivity contribution < 1.29 is 4.74 Å². The van der Waals surface area contributed by atoms with Crippen LogP contribution < -0.4 is 4.74 Å². The summed E-state index contributed by atoms with van der Waals surface area (Å²) < 4.78 is 8.48. The molecule has 142 valence electrons. The SMILES string of the molecule is C[C@@H](Oc1nnc(-c2ccc(Br)cn2)n1C)c1nnn(-c2cccc(Cl)c2)n1. The molecule has 0 fully saturated rings. The van der Waals surface area contributed by atoms with E-state index in [1.807, 2.05) is 31.2 Å². The van der Waals surface area contributed by atoms with Gasteiger partial charge in [0.2, 0.25) is 5.82 Å². The molecule has 1 atom stereocenters. The second-order valence-electron chi connectivity index (χ2n) is 5.90. The number of nitrogens with zero attached hydrogens (tertiary/aromatic N) is 8. The lowest BCUT2D eigenvalue weighted by atomic mass is 10.3. The molecule has 0 aliphatic rings. The van der Waals surface area contributed by atoms with E-state index < -0.39 is 6.10 Å². The van der Waals surface area contributed by atoms with Crippen LogP contribution in [0, 0.1) is 0 Å². The third kappa shape index (κ3) is 3.73. The van der Waals surface area contributed by atoms with Gasteiger partial charge in [0, 0.05) is 22.7 Å². The van der Waals surface area contributed by atoms with Crippen LogP contribution >= 0.6 is 27.5 Å². The Morgan fingerprint density at radius 1 is 1.14 bits per heavy atom. The molecule has 0 aliphatic carbocycles. The lowest BCUT2D eigenvalue weighted by Crippen LogP contribution is -2.09. The first-order valence-corrected chi connectivity index (χ1v) is 9.42. The van der Waals surface area contributed by atoms with Gasteiger partial charge in [-0.25, -0.2) is 0 Å². The van der Waals surface area contributed by atoms with Crippen LogP contribution in [0.2, 0.25) is 5.02 Å². The van der Waals surface area contributed by atoms with Crippen molar-refractivity contribution in [2.75, 3.05) is 0 Å². The summed E-state index contributed by atoms with van der Waals surface area (Å²) in [6.07, 6.45) is 1.21. The Hall–Kier alpha value is -2.85. The van der Waals surface area contributed by atoms with Crippen LogP contribution in [-0.2, 0) is 7.05 Å². The number of tetrazole rings is 1. The number of ether oxygens (including phenoxy) is 1. The molecule has 28 heavy (non-hydrogen) atoms. The second kappa shape index (κ2) is 7.64. The average molecular weight is 462 g/mol. The molecule has 4 rings (SSSR count). The Balaban J connectivity index is 1.53. The molecule has 0 radical (unpaired) electrons. The molecule has 0 aliphatic heterocycles. The van der Waals surface area contributed by atoms with Crippen LogP contribution in [0.5, 0.6) is 6.01 Å². The largest absolute Gasteiger partial charge is 0.452 e. The monoisotopic (exact) mass is 460 g/mol. The topological polar surface area (TPSA) is 96.4 Å². The second-order valence-corrected chi connectivity index (χ2v) is 7.26. The number of pyridine rings is 1. The van der Waals surface area contributed by atoms with Gasteiger partial charge in [0.25, 0.3) is 0 Å². The molecule has 3 heterocycles. The first-order chi connectivity index (χ1) is 13.5. The molecule has 4 aromatic rings. The predicted octanol–water partition coefficient (Wildman–Crippen LogP) is 3.41. The zero-order valence-corrected chi connectivity index (χ0v) is 17.2. The number of halogens is 2. The fourth-order valence-electron chi connectivity index (χ4n) is 2.46. The van der Waals surface area contributed by atoms with Gasteiger partial charge in [-0.15, -0.1) is 20.1 Å². The van der Waals surface area contributed by atoms with Gasteiger partial charge < -0.3 is 4.74 Å². The lowest BCUT2D eigenvalue weighted by molar-refractivity contribution is 0.190. The predicted molar refractivity (Wildman–Crippen MR) is 105 cm³/mol. The summed E-state index contributed by atoms with van der Waals surface area (Å²) in [6.45, 7) is 1.81. The van der Waals surface area contributed by atoms with Gasteiger partial charge in [-0.3, -0.25) is 9.55 Å². The Labute approximate surface area is 173 Å². The highest BCUT2D eigenvalue weighted by atomic mass is 79.9. The smallest absolute Gasteiger partial charge is 0.317 e. The maximum absolute atomic E-state index is 6.01. The van der Waals surface area contributed by atoms with Gasteiger partial charge in [-0.2, -0.15) is 0 Å². The van der Waals surface area contributed by atoms with E-state index in [4.69, 9.17) is 16.3 Å². The van der Waals surface area contributed by atoms with Gasteiger partial charge in [0.15, 0.2) is 11.9 Å². The highest BCUT2D eigenvalue weighted by molar-refractivity contribution is 9.10. The van der Waals surface area contributed by atoms with Crippen molar-refractivity contribution in [1.29, 1.82) is 0 Å². The van der Waals surface area contributed by atoms with Crippen molar-refractivity contribution in [3.63, 3.8) is 0 Å². The molecule has 0 saturated heterocycles.